The van der Waals surface area contributed by atoms with Crippen LogP contribution in [0.1, 0.15) is 70.9 Å². The van der Waals surface area contributed by atoms with E-state index in [9.17, 15) is 18.3 Å². The fourth-order valence-corrected chi connectivity index (χ4v) is 6.32. The maximum Gasteiger partial charge on any atom is 0.417 e. The molecule has 1 aliphatic carbocycles. The molecule has 1 aromatic rings. The summed E-state index contributed by atoms with van der Waals surface area (Å²) in [5.74, 6) is 1.52. The van der Waals surface area contributed by atoms with Crippen LogP contribution in [0.3, 0.4) is 0 Å². The monoisotopic (exact) mass is 535 g/mol. The van der Waals surface area contributed by atoms with Gasteiger partial charge in [-0.15, -0.1) is 0 Å². The number of pyridine rings is 1. The van der Waals surface area contributed by atoms with Crippen LogP contribution in [0.25, 0.3) is 5.70 Å². The Morgan fingerprint density at radius 1 is 1.08 bits per heavy atom. The number of fused-ring (bicyclic) bond motifs is 1. The highest BCUT2D eigenvalue weighted by Crippen LogP contribution is 2.46. The Morgan fingerprint density at radius 3 is 2.13 bits per heavy atom. The molecule has 2 aliphatic heterocycles. The molecule has 210 valence electrons. The Balaban J connectivity index is 0.000000216. The first-order valence-electron chi connectivity index (χ1n) is 13.1. The standard InChI is InChI=1S/C17H30BNO2.C10H11F3N4/c1-15(2)8-14(9-16(3,4)21-15)17(18,20)19-10-12-6-5-7-13(12)11-19;11-10(12,13)7-3-4-17-5-6(7)8(14)1-2-9(15)16/h12-14,20H,5-11H2,1-4H3;1-5H,14-16H2/b;8-1-. The summed E-state index contributed by atoms with van der Waals surface area (Å²) < 4.78 is 44.0. The summed E-state index contributed by atoms with van der Waals surface area (Å²) in [5, 5.41) is 11.1. The Morgan fingerprint density at radius 2 is 1.63 bits per heavy atom. The quantitative estimate of drug-likeness (QED) is 0.343. The molecular weight excluding hydrogens is 494 g/mol. The highest BCUT2D eigenvalue weighted by atomic mass is 19.4. The van der Waals surface area contributed by atoms with Gasteiger partial charge in [-0.3, -0.25) is 9.88 Å². The van der Waals surface area contributed by atoms with Crippen molar-refractivity contribution in [2.75, 3.05) is 13.1 Å². The molecule has 4 rings (SSSR count). The van der Waals surface area contributed by atoms with Gasteiger partial charge in [-0.2, -0.15) is 13.2 Å². The number of rotatable bonds is 4. The Kier molecular flexibility index (Phi) is 8.85. The normalized spacial score (nSPS) is 27.1. The maximum atomic E-state index is 12.6. The van der Waals surface area contributed by atoms with Crippen LogP contribution in [0.15, 0.2) is 36.4 Å². The van der Waals surface area contributed by atoms with Crippen molar-refractivity contribution in [3.63, 3.8) is 0 Å². The summed E-state index contributed by atoms with van der Waals surface area (Å²) in [6.45, 7) is 10.4. The van der Waals surface area contributed by atoms with Crippen molar-refractivity contribution in [1.29, 1.82) is 0 Å². The van der Waals surface area contributed by atoms with E-state index in [0.29, 0.717) is 0 Å². The average Bonchev–Trinajstić information content (AvgIpc) is 3.38. The van der Waals surface area contributed by atoms with E-state index in [1.54, 1.807) is 0 Å². The average molecular weight is 535 g/mol. The molecule has 7 N–H and O–H groups in total. The van der Waals surface area contributed by atoms with Gasteiger partial charge in [-0.1, -0.05) is 6.42 Å². The van der Waals surface area contributed by atoms with Crippen molar-refractivity contribution >= 4 is 13.5 Å². The third kappa shape index (κ3) is 7.45. The Bertz CT molecular complexity index is 1010. The molecule has 3 fully saturated rings. The van der Waals surface area contributed by atoms with Crippen molar-refractivity contribution < 1.29 is 23.0 Å². The number of aromatic nitrogens is 1. The number of nitrogens with two attached hydrogens (primary N) is 3. The minimum absolute atomic E-state index is 0.0506. The molecule has 1 saturated carbocycles. The SMILES string of the molecule is NC(N)=C/C=C(\N)c1cnccc1C(F)(F)F.[B]C(O)(C1CC(C)(C)OC(C)(C)C1)N1CC2CCCC2C1. The third-order valence-corrected chi connectivity index (χ3v) is 7.76. The van der Waals surface area contributed by atoms with Gasteiger partial charge in [0.25, 0.3) is 0 Å². The molecular formula is C27H41BF3N5O2. The summed E-state index contributed by atoms with van der Waals surface area (Å²) in [5.41, 5.74) is 13.0. The van der Waals surface area contributed by atoms with Gasteiger partial charge in [0, 0.05) is 36.7 Å². The molecule has 2 saturated heterocycles. The fraction of sp³-hybridized carbons (Fsp3) is 0.667. The van der Waals surface area contributed by atoms with Crippen LogP contribution in [0.2, 0.25) is 0 Å². The summed E-state index contributed by atoms with van der Waals surface area (Å²) in [6, 6.07) is 0.853. The number of aliphatic hydroxyl groups is 1. The van der Waals surface area contributed by atoms with Crippen LogP contribution >= 0.6 is 0 Å². The smallest absolute Gasteiger partial charge is 0.398 e. The first-order valence-corrected chi connectivity index (χ1v) is 13.1. The zero-order chi connectivity index (χ0) is 28.5. The van der Waals surface area contributed by atoms with Gasteiger partial charge in [0.15, 0.2) is 0 Å². The van der Waals surface area contributed by atoms with Crippen LogP contribution in [-0.2, 0) is 10.9 Å². The van der Waals surface area contributed by atoms with Crippen molar-refractivity contribution in [1.82, 2.24) is 9.88 Å². The van der Waals surface area contributed by atoms with Gasteiger partial charge in [0.05, 0.1) is 28.2 Å². The van der Waals surface area contributed by atoms with Gasteiger partial charge >= 0.3 is 6.18 Å². The summed E-state index contributed by atoms with van der Waals surface area (Å²) in [7, 11) is 6.47. The lowest BCUT2D eigenvalue weighted by Crippen LogP contribution is -2.60. The van der Waals surface area contributed by atoms with E-state index in [1.165, 1.54) is 31.4 Å². The first kappa shape index (κ1) is 30.3. The number of ether oxygens (including phenoxy) is 1. The summed E-state index contributed by atoms with van der Waals surface area (Å²) in [6.07, 6.45) is 5.60. The van der Waals surface area contributed by atoms with Crippen LogP contribution in [-0.4, -0.2) is 52.8 Å². The topological polar surface area (TPSA) is 124 Å². The van der Waals surface area contributed by atoms with E-state index < -0.39 is 17.4 Å². The van der Waals surface area contributed by atoms with Crippen LogP contribution in [0.4, 0.5) is 13.2 Å². The molecule has 1 aromatic heterocycles. The molecule has 38 heavy (non-hydrogen) atoms. The lowest BCUT2D eigenvalue weighted by molar-refractivity contribution is -0.208. The number of nitrogens with zero attached hydrogens (tertiary/aromatic N) is 2. The van der Waals surface area contributed by atoms with E-state index in [1.807, 2.05) is 0 Å². The van der Waals surface area contributed by atoms with Crippen molar-refractivity contribution in [2.24, 2.45) is 35.0 Å². The number of allylic oxidation sites excluding steroid dienone is 2. The lowest BCUT2D eigenvalue weighted by Gasteiger charge is -2.52. The van der Waals surface area contributed by atoms with Crippen molar-refractivity contribution in [3.8, 4) is 0 Å². The molecule has 0 bridgehead atoms. The van der Waals surface area contributed by atoms with Gasteiger partial charge in [0.1, 0.15) is 7.85 Å². The van der Waals surface area contributed by atoms with Crippen LogP contribution in [0.5, 0.6) is 0 Å². The predicted octanol–water partition coefficient (Wildman–Crippen LogP) is 3.68. The minimum Gasteiger partial charge on any atom is -0.398 e. The predicted molar refractivity (Wildman–Crippen MR) is 143 cm³/mol. The van der Waals surface area contributed by atoms with E-state index >= 15 is 0 Å². The zero-order valence-corrected chi connectivity index (χ0v) is 22.8. The second-order valence-corrected chi connectivity index (χ2v) is 12.1. The summed E-state index contributed by atoms with van der Waals surface area (Å²) in [4.78, 5) is 5.76. The fourth-order valence-electron chi connectivity index (χ4n) is 6.32. The van der Waals surface area contributed by atoms with Gasteiger partial charge < -0.3 is 27.0 Å². The molecule has 3 unspecified atom stereocenters. The van der Waals surface area contributed by atoms with Gasteiger partial charge in [-0.25, -0.2) is 0 Å². The van der Waals surface area contributed by atoms with Gasteiger partial charge in [-0.05, 0) is 89.4 Å². The maximum absolute atomic E-state index is 12.6. The van der Waals surface area contributed by atoms with Crippen LogP contribution < -0.4 is 17.2 Å². The Labute approximate surface area is 225 Å². The second-order valence-electron chi connectivity index (χ2n) is 12.1. The number of alkyl halides is 3. The number of likely N-dealkylation sites (tertiary alicyclic amines) is 1. The molecule has 3 heterocycles. The van der Waals surface area contributed by atoms with E-state index in [0.717, 1.165) is 56.2 Å². The second kappa shape index (κ2) is 11.1. The number of hydrogen-bond donors (Lipinski definition) is 4. The van der Waals surface area contributed by atoms with Crippen LogP contribution in [0, 0.1) is 17.8 Å². The highest BCUT2D eigenvalue weighted by Gasteiger charge is 2.50. The third-order valence-electron chi connectivity index (χ3n) is 7.76. The lowest BCUT2D eigenvalue weighted by atomic mass is 9.67. The molecule has 0 amide bonds. The van der Waals surface area contributed by atoms with E-state index in [4.69, 9.17) is 29.8 Å². The zero-order valence-electron chi connectivity index (χ0n) is 22.8. The molecule has 3 aliphatic rings. The highest BCUT2D eigenvalue weighted by molar-refractivity contribution is 6.14. The molecule has 0 aromatic carbocycles. The number of halogens is 3. The largest absolute Gasteiger partial charge is 0.417 e. The van der Waals surface area contributed by atoms with Crippen molar-refractivity contribution in [2.45, 2.75) is 82.8 Å². The van der Waals surface area contributed by atoms with Crippen molar-refractivity contribution in [3.05, 3.63) is 47.6 Å². The Hall–Kier alpha value is -2.24. The van der Waals surface area contributed by atoms with E-state index in [2.05, 4.69) is 37.6 Å². The molecule has 11 heteroatoms. The van der Waals surface area contributed by atoms with Gasteiger partial charge in [0.2, 0.25) is 0 Å². The number of hydrogen-bond acceptors (Lipinski definition) is 7. The molecule has 3 atom stereocenters. The van der Waals surface area contributed by atoms with E-state index in [-0.39, 0.29) is 34.2 Å². The summed E-state index contributed by atoms with van der Waals surface area (Å²) >= 11 is 0. The molecule has 0 spiro atoms. The first-order chi connectivity index (χ1) is 17.4. The minimum atomic E-state index is -4.49. The molecule has 7 nitrogen and oxygen atoms in total. The molecule has 2 radical (unpaired) electrons.